The Morgan fingerprint density at radius 2 is 1.95 bits per heavy atom. The lowest BCUT2D eigenvalue weighted by Gasteiger charge is -2.33. The quantitative estimate of drug-likeness (QED) is 0.794. The maximum absolute atomic E-state index is 12.6. The van der Waals surface area contributed by atoms with E-state index >= 15 is 0 Å². The average molecular weight is 281 g/mol. The number of nitrogens with zero attached hydrogens (tertiary/aromatic N) is 1. The van der Waals surface area contributed by atoms with Gasteiger partial charge in [0.2, 0.25) is 10.0 Å². The van der Waals surface area contributed by atoms with Crippen molar-refractivity contribution < 1.29 is 13.2 Å². The molecule has 1 unspecified atom stereocenters. The molecule has 0 saturated carbocycles. The monoisotopic (exact) mass is 281 g/mol. The summed E-state index contributed by atoms with van der Waals surface area (Å²) < 4.78 is 26.7. The van der Waals surface area contributed by atoms with Crippen molar-refractivity contribution in [2.45, 2.75) is 43.5 Å². The molecule has 19 heavy (non-hydrogen) atoms. The summed E-state index contributed by atoms with van der Waals surface area (Å²) in [5.41, 5.74) is 1.03. The van der Waals surface area contributed by atoms with Crippen LogP contribution in [0, 0.1) is 6.92 Å². The van der Waals surface area contributed by atoms with Gasteiger partial charge in [0.15, 0.2) is 0 Å². The summed E-state index contributed by atoms with van der Waals surface area (Å²) in [4.78, 5) is 11.0. The van der Waals surface area contributed by atoms with Crippen molar-refractivity contribution in [2.75, 3.05) is 6.54 Å². The van der Waals surface area contributed by atoms with Crippen LogP contribution in [-0.2, 0) is 14.8 Å². The zero-order valence-corrected chi connectivity index (χ0v) is 11.9. The van der Waals surface area contributed by atoms with E-state index < -0.39 is 10.0 Å². The van der Waals surface area contributed by atoms with E-state index in [1.165, 1.54) is 4.31 Å². The number of sulfonamides is 1. The SMILES string of the molecule is Cc1ccc(S(=O)(=O)N2CCCCC2CC=O)cc1. The third kappa shape index (κ3) is 3.04. The first-order chi connectivity index (χ1) is 9.05. The number of aryl methyl sites for hydroxylation is 1. The molecule has 1 atom stereocenters. The van der Waals surface area contributed by atoms with Crippen molar-refractivity contribution in [1.82, 2.24) is 4.31 Å². The number of benzene rings is 1. The Kier molecular flexibility index (Phi) is 4.37. The Hall–Kier alpha value is -1.20. The van der Waals surface area contributed by atoms with Crippen LogP contribution in [0.3, 0.4) is 0 Å². The lowest BCUT2D eigenvalue weighted by molar-refractivity contribution is -0.108. The van der Waals surface area contributed by atoms with Gasteiger partial charge in [-0.15, -0.1) is 0 Å². The first-order valence-corrected chi connectivity index (χ1v) is 8.02. The summed E-state index contributed by atoms with van der Waals surface area (Å²) in [6.07, 6.45) is 3.71. The first kappa shape index (κ1) is 14.2. The van der Waals surface area contributed by atoms with E-state index in [-0.39, 0.29) is 12.5 Å². The van der Waals surface area contributed by atoms with Gasteiger partial charge in [0.25, 0.3) is 0 Å². The fraction of sp³-hybridized carbons (Fsp3) is 0.500. The maximum Gasteiger partial charge on any atom is 0.243 e. The molecule has 2 rings (SSSR count). The van der Waals surface area contributed by atoms with Crippen LogP contribution in [0.4, 0.5) is 0 Å². The molecule has 5 heteroatoms. The van der Waals surface area contributed by atoms with Crippen LogP contribution in [0.2, 0.25) is 0 Å². The topological polar surface area (TPSA) is 54.5 Å². The van der Waals surface area contributed by atoms with Gasteiger partial charge >= 0.3 is 0 Å². The molecule has 104 valence electrons. The lowest BCUT2D eigenvalue weighted by Crippen LogP contribution is -2.43. The van der Waals surface area contributed by atoms with Crippen molar-refractivity contribution in [2.24, 2.45) is 0 Å². The van der Waals surface area contributed by atoms with E-state index in [2.05, 4.69) is 0 Å². The van der Waals surface area contributed by atoms with Crippen LogP contribution >= 0.6 is 0 Å². The second-order valence-corrected chi connectivity index (χ2v) is 6.87. The smallest absolute Gasteiger partial charge is 0.243 e. The van der Waals surface area contributed by atoms with Gasteiger partial charge in [0.1, 0.15) is 6.29 Å². The summed E-state index contributed by atoms with van der Waals surface area (Å²) in [5, 5.41) is 0. The molecule has 1 aliphatic heterocycles. The van der Waals surface area contributed by atoms with Crippen LogP contribution in [0.1, 0.15) is 31.2 Å². The zero-order chi connectivity index (χ0) is 13.9. The molecule has 4 nitrogen and oxygen atoms in total. The second-order valence-electron chi connectivity index (χ2n) is 4.98. The summed E-state index contributed by atoms with van der Waals surface area (Å²) in [7, 11) is -3.48. The molecule has 1 fully saturated rings. The Labute approximate surface area is 114 Å². The molecule has 1 aromatic carbocycles. The molecule has 0 amide bonds. The van der Waals surface area contributed by atoms with Crippen molar-refractivity contribution >= 4 is 16.3 Å². The Morgan fingerprint density at radius 3 is 2.58 bits per heavy atom. The highest BCUT2D eigenvalue weighted by Crippen LogP contribution is 2.26. The standard InChI is InChI=1S/C14H19NO3S/c1-12-5-7-14(8-6-12)19(17,18)15-10-3-2-4-13(15)9-11-16/h5-8,11,13H,2-4,9-10H2,1H3. The van der Waals surface area contributed by atoms with Gasteiger partial charge in [-0.05, 0) is 31.9 Å². The minimum Gasteiger partial charge on any atom is -0.303 e. The number of piperidine rings is 1. The van der Waals surface area contributed by atoms with Crippen LogP contribution in [0.25, 0.3) is 0 Å². The van der Waals surface area contributed by atoms with E-state index in [0.29, 0.717) is 11.4 Å². The van der Waals surface area contributed by atoms with E-state index in [9.17, 15) is 13.2 Å². The molecule has 0 aromatic heterocycles. The maximum atomic E-state index is 12.6. The minimum atomic E-state index is -3.48. The number of hydrogen-bond donors (Lipinski definition) is 0. The van der Waals surface area contributed by atoms with Gasteiger partial charge < -0.3 is 4.79 Å². The van der Waals surface area contributed by atoms with Crippen molar-refractivity contribution in [3.05, 3.63) is 29.8 Å². The van der Waals surface area contributed by atoms with Gasteiger partial charge in [-0.3, -0.25) is 0 Å². The minimum absolute atomic E-state index is 0.183. The molecule has 1 aliphatic rings. The number of hydrogen-bond acceptors (Lipinski definition) is 3. The van der Waals surface area contributed by atoms with Crippen molar-refractivity contribution in [3.63, 3.8) is 0 Å². The normalized spacial score (nSPS) is 21.2. The van der Waals surface area contributed by atoms with Gasteiger partial charge in [-0.2, -0.15) is 4.31 Å². The Balaban J connectivity index is 2.31. The Morgan fingerprint density at radius 1 is 1.26 bits per heavy atom. The first-order valence-electron chi connectivity index (χ1n) is 6.58. The molecule has 1 heterocycles. The lowest BCUT2D eigenvalue weighted by atomic mass is 10.0. The van der Waals surface area contributed by atoms with E-state index in [4.69, 9.17) is 0 Å². The predicted molar refractivity (Wildman–Crippen MR) is 73.4 cm³/mol. The van der Waals surface area contributed by atoms with Gasteiger partial charge in [0.05, 0.1) is 4.90 Å². The molecular weight excluding hydrogens is 262 g/mol. The summed E-state index contributed by atoms with van der Waals surface area (Å²) in [5.74, 6) is 0. The molecule has 0 radical (unpaired) electrons. The third-order valence-corrected chi connectivity index (χ3v) is 5.54. The van der Waals surface area contributed by atoms with Crippen molar-refractivity contribution in [1.29, 1.82) is 0 Å². The number of aldehydes is 1. The van der Waals surface area contributed by atoms with Crippen LogP contribution in [-0.4, -0.2) is 31.6 Å². The number of carbonyl (C=O) groups is 1. The molecule has 1 aromatic rings. The van der Waals surface area contributed by atoms with Gasteiger partial charge in [0, 0.05) is 19.0 Å². The molecule has 0 spiro atoms. The fourth-order valence-electron chi connectivity index (χ4n) is 2.48. The second kappa shape index (κ2) is 5.84. The van der Waals surface area contributed by atoms with Crippen LogP contribution in [0.15, 0.2) is 29.2 Å². The summed E-state index contributed by atoms with van der Waals surface area (Å²) >= 11 is 0. The summed E-state index contributed by atoms with van der Waals surface area (Å²) in [6.45, 7) is 2.43. The van der Waals surface area contributed by atoms with E-state index in [0.717, 1.165) is 31.1 Å². The molecule has 1 saturated heterocycles. The molecule has 0 bridgehead atoms. The highest BCUT2D eigenvalue weighted by Gasteiger charge is 2.32. The molecule has 0 aliphatic carbocycles. The zero-order valence-electron chi connectivity index (χ0n) is 11.1. The summed E-state index contributed by atoms with van der Waals surface area (Å²) in [6, 6.07) is 6.68. The third-order valence-electron chi connectivity index (χ3n) is 3.57. The number of rotatable bonds is 4. The highest BCUT2D eigenvalue weighted by atomic mass is 32.2. The van der Waals surface area contributed by atoms with E-state index in [1.54, 1.807) is 24.3 Å². The molecular formula is C14H19NO3S. The number of carbonyl (C=O) groups excluding carboxylic acids is 1. The van der Waals surface area contributed by atoms with Gasteiger partial charge in [-0.25, -0.2) is 8.42 Å². The van der Waals surface area contributed by atoms with Crippen LogP contribution < -0.4 is 0 Å². The Bertz CT molecular complexity index is 536. The van der Waals surface area contributed by atoms with Gasteiger partial charge in [-0.1, -0.05) is 24.1 Å². The van der Waals surface area contributed by atoms with Crippen molar-refractivity contribution in [3.8, 4) is 0 Å². The van der Waals surface area contributed by atoms with E-state index in [1.807, 2.05) is 6.92 Å². The predicted octanol–water partition coefficient (Wildman–Crippen LogP) is 2.13. The molecule has 0 N–H and O–H groups in total. The largest absolute Gasteiger partial charge is 0.303 e. The highest BCUT2D eigenvalue weighted by molar-refractivity contribution is 7.89. The fourth-order valence-corrected chi connectivity index (χ4v) is 4.19. The average Bonchev–Trinajstić information content (AvgIpc) is 2.40. The van der Waals surface area contributed by atoms with Crippen LogP contribution in [0.5, 0.6) is 0 Å².